The number of nitrogens with zero attached hydrogens (tertiary/aromatic N) is 1. The molecule has 0 saturated heterocycles. The van der Waals surface area contributed by atoms with E-state index >= 15 is 0 Å². The Balaban J connectivity index is 0.00000288. The molecule has 0 aliphatic rings. The van der Waals surface area contributed by atoms with Gasteiger partial charge in [0.1, 0.15) is 5.75 Å². The molecule has 4 N–H and O–H groups in total. The molecule has 2 rings (SSSR count). The summed E-state index contributed by atoms with van der Waals surface area (Å²) >= 11 is 0. The summed E-state index contributed by atoms with van der Waals surface area (Å²) in [4.78, 5) is 4.37. The minimum Gasteiger partial charge on any atom is -0.497 e. The zero-order chi connectivity index (χ0) is 16.8. The fourth-order valence-corrected chi connectivity index (χ4v) is 3.12. The van der Waals surface area contributed by atoms with Crippen LogP contribution in [0.2, 0.25) is 0 Å². The molecule has 3 atom stereocenters. The van der Waals surface area contributed by atoms with Gasteiger partial charge in [-0.1, -0.05) is 26.3 Å². The van der Waals surface area contributed by atoms with E-state index < -0.39 is 6.10 Å². The van der Waals surface area contributed by atoms with Crippen LogP contribution in [0.4, 0.5) is 0 Å². The van der Waals surface area contributed by atoms with Gasteiger partial charge in [0.25, 0.3) is 0 Å². The highest BCUT2D eigenvalue weighted by Crippen LogP contribution is 2.31. The van der Waals surface area contributed by atoms with E-state index in [0.717, 1.165) is 41.5 Å². The Morgan fingerprint density at radius 2 is 2.00 bits per heavy atom. The van der Waals surface area contributed by atoms with Crippen LogP contribution in [0.5, 0.6) is 5.75 Å². The van der Waals surface area contributed by atoms with Gasteiger partial charge in [-0.3, -0.25) is 4.98 Å². The Morgan fingerprint density at radius 3 is 2.60 bits per heavy atom. The quantitative estimate of drug-likeness (QED) is 0.605. The molecule has 1 aromatic heterocycles. The molecule has 5 heteroatoms. The highest BCUT2D eigenvalue weighted by Gasteiger charge is 2.17. The van der Waals surface area contributed by atoms with Crippen LogP contribution in [0.1, 0.15) is 44.8 Å². The third-order valence-electron chi connectivity index (χ3n) is 4.79. The number of aliphatic hydroxyl groups is 1. The van der Waals surface area contributed by atoms with E-state index in [1.54, 1.807) is 13.3 Å². The van der Waals surface area contributed by atoms with Gasteiger partial charge in [-0.2, -0.15) is 0 Å². The zero-order valence-electron chi connectivity index (χ0n) is 15.4. The number of halogens is 1. The Morgan fingerprint density at radius 1 is 1.28 bits per heavy atom. The number of hydrogen-bond acceptors (Lipinski definition) is 4. The van der Waals surface area contributed by atoms with Gasteiger partial charge >= 0.3 is 0 Å². The van der Waals surface area contributed by atoms with Gasteiger partial charge in [-0.15, -0.1) is 19.0 Å². The zero-order valence-corrected chi connectivity index (χ0v) is 16.3. The fraction of sp³-hybridized carbons (Fsp3) is 0.450. The Bertz CT molecular complexity index is 663. The first-order chi connectivity index (χ1) is 11.1. The lowest BCUT2D eigenvalue weighted by atomic mass is 9.86. The molecule has 140 valence electrons. The second-order valence-electron chi connectivity index (χ2n) is 6.14. The molecular formula is C20H31ClN2O2. The summed E-state index contributed by atoms with van der Waals surface area (Å²) in [6.45, 7) is 8.28. The number of fused-ring (bicyclic) bond motifs is 1. The van der Waals surface area contributed by atoms with Crippen LogP contribution >= 0.6 is 12.4 Å². The second kappa shape index (κ2) is 11.1. The summed E-state index contributed by atoms with van der Waals surface area (Å²) in [7, 11) is 1.65. The van der Waals surface area contributed by atoms with Crippen LogP contribution in [0.3, 0.4) is 0 Å². The van der Waals surface area contributed by atoms with Gasteiger partial charge in [0, 0.05) is 11.6 Å². The first-order valence-corrected chi connectivity index (χ1v) is 8.34. The molecule has 25 heavy (non-hydrogen) atoms. The predicted octanol–water partition coefficient (Wildman–Crippen LogP) is 5.49. The number of ether oxygens (including phenoxy) is 1. The number of methoxy groups -OCH3 is 1. The van der Waals surface area contributed by atoms with Crippen LogP contribution in [-0.4, -0.2) is 17.2 Å². The summed E-state index contributed by atoms with van der Waals surface area (Å²) in [5.41, 5.74) is 1.81. The number of pyridine rings is 1. The molecule has 4 nitrogen and oxygen atoms in total. The van der Waals surface area contributed by atoms with E-state index in [1.165, 1.54) is 0 Å². The topological polar surface area (TPSA) is 77.4 Å². The minimum atomic E-state index is -0.487. The monoisotopic (exact) mass is 366 g/mol. The fourth-order valence-electron chi connectivity index (χ4n) is 3.12. The van der Waals surface area contributed by atoms with E-state index in [2.05, 4.69) is 25.4 Å². The average molecular weight is 367 g/mol. The standard InChI is InChI=1S/C20H27NO2.ClH.H3N/c1-5-14(3)15(6-2)7-10-20(22)17-11-12-21-19-9-8-16(23-4)13-18(17)19;;/h5,8-9,11-15,20,22H,1,6-7,10H2,2-4H3;1H;1H3/t14?,15?,20-;;/m0../s1. The average Bonchev–Trinajstić information content (AvgIpc) is 2.60. The van der Waals surface area contributed by atoms with Crippen molar-refractivity contribution in [2.24, 2.45) is 11.8 Å². The molecule has 0 saturated carbocycles. The minimum absolute atomic E-state index is 0. The van der Waals surface area contributed by atoms with Gasteiger partial charge in [0.2, 0.25) is 0 Å². The maximum absolute atomic E-state index is 10.7. The molecule has 0 fully saturated rings. The van der Waals surface area contributed by atoms with Crippen LogP contribution in [0, 0.1) is 11.8 Å². The summed E-state index contributed by atoms with van der Waals surface area (Å²) in [6, 6.07) is 7.68. The number of hydrogen-bond donors (Lipinski definition) is 2. The largest absolute Gasteiger partial charge is 0.497 e. The molecular weight excluding hydrogens is 336 g/mol. The SMILES string of the molecule is C=CC(C)C(CC)CC[C@H](O)c1ccnc2ccc(OC)cc12.Cl.N. The van der Waals surface area contributed by atoms with Crippen LogP contribution in [0.15, 0.2) is 43.1 Å². The van der Waals surface area contributed by atoms with Crippen molar-refractivity contribution in [2.45, 2.75) is 39.2 Å². The van der Waals surface area contributed by atoms with Crippen molar-refractivity contribution in [3.05, 3.63) is 48.7 Å². The molecule has 1 aromatic carbocycles. The number of rotatable bonds is 8. The molecule has 2 unspecified atom stereocenters. The van der Waals surface area contributed by atoms with Crippen molar-refractivity contribution >= 4 is 23.3 Å². The van der Waals surface area contributed by atoms with Gasteiger partial charge in [0.05, 0.1) is 18.7 Å². The van der Waals surface area contributed by atoms with Gasteiger partial charge < -0.3 is 16.0 Å². The summed E-state index contributed by atoms with van der Waals surface area (Å²) in [5.74, 6) is 1.82. The predicted molar refractivity (Wildman–Crippen MR) is 108 cm³/mol. The third kappa shape index (κ3) is 5.70. The second-order valence-corrected chi connectivity index (χ2v) is 6.14. The number of aliphatic hydroxyl groups excluding tert-OH is 1. The van der Waals surface area contributed by atoms with Crippen LogP contribution in [-0.2, 0) is 0 Å². The molecule has 2 aromatic rings. The van der Waals surface area contributed by atoms with E-state index in [9.17, 15) is 5.11 Å². The third-order valence-corrected chi connectivity index (χ3v) is 4.79. The van der Waals surface area contributed by atoms with E-state index in [4.69, 9.17) is 4.74 Å². The molecule has 0 bridgehead atoms. The normalized spacial score (nSPS) is 13.9. The Hall–Kier alpha value is -1.62. The van der Waals surface area contributed by atoms with Crippen molar-refractivity contribution in [3.8, 4) is 5.75 Å². The van der Waals surface area contributed by atoms with Crippen LogP contribution in [0.25, 0.3) is 10.9 Å². The summed E-state index contributed by atoms with van der Waals surface area (Å²) in [5, 5.41) is 11.6. The van der Waals surface area contributed by atoms with Crippen molar-refractivity contribution in [2.75, 3.05) is 7.11 Å². The molecule has 0 spiro atoms. The molecule has 0 aliphatic heterocycles. The Labute approximate surface area is 157 Å². The van der Waals surface area contributed by atoms with Crippen LogP contribution < -0.4 is 10.9 Å². The lowest BCUT2D eigenvalue weighted by Crippen LogP contribution is -2.10. The Kier molecular flexibility index (Phi) is 10.4. The first-order valence-electron chi connectivity index (χ1n) is 8.34. The number of allylic oxidation sites excluding steroid dienone is 1. The highest BCUT2D eigenvalue weighted by molar-refractivity contribution is 5.85. The van der Waals surface area contributed by atoms with E-state index in [-0.39, 0.29) is 18.6 Å². The number of aromatic nitrogens is 1. The van der Waals surface area contributed by atoms with Crippen molar-refractivity contribution in [3.63, 3.8) is 0 Å². The van der Waals surface area contributed by atoms with Crippen molar-refractivity contribution < 1.29 is 9.84 Å². The lowest BCUT2D eigenvalue weighted by molar-refractivity contribution is 0.153. The maximum Gasteiger partial charge on any atom is 0.119 e. The lowest BCUT2D eigenvalue weighted by Gasteiger charge is -2.22. The molecule has 0 radical (unpaired) electrons. The maximum atomic E-state index is 10.7. The summed E-state index contributed by atoms with van der Waals surface area (Å²) < 4.78 is 5.30. The molecule has 1 heterocycles. The van der Waals surface area contributed by atoms with E-state index in [1.807, 2.05) is 30.3 Å². The first kappa shape index (κ1) is 23.4. The van der Waals surface area contributed by atoms with Gasteiger partial charge in [-0.25, -0.2) is 0 Å². The van der Waals surface area contributed by atoms with Gasteiger partial charge in [-0.05, 0) is 54.5 Å². The summed E-state index contributed by atoms with van der Waals surface area (Å²) in [6.07, 6.45) is 6.11. The van der Waals surface area contributed by atoms with Crippen molar-refractivity contribution in [1.29, 1.82) is 0 Å². The molecule has 0 amide bonds. The smallest absolute Gasteiger partial charge is 0.119 e. The van der Waals surface area contributed by atoms with Crippen molar-refractivity contribution in [1.82, 2.24) is 11.1 Å². The highest BCUT2D eigenvalue weighted by atomic mass is 35.5. The van der Waals surface area contributed by atoms with E-state index in [0.29, 0.717) is 11.8 Å². The molecule has 0 aliphatic carbocycles. The number of benzene rings is 1. The van der Waals surface area contributed by atoms with Gasteiger partial charge in [0.15, 0.2) is 0 Å².